The van der Waals surface area contributed by atoms with Gasteiger partial charge < -0.3 is 29.8 Å². The number of fused-ring (bicyclic) bond motifs is 1. The molecule has 3 amide bonds. The lowest BCUT2D eigenvalue weighted by atomic mass is 9.84. The Labute approximate surface area is 328 Å². The summed E-state index contributed by atoms with van der Waals surface area (Å²) in [6.07, 6.45) is 6.80. The van der Waals surface area contributed by atoms with Crippen molar-refractivity contribution in [1.29, 1.82) is 0 Å². The Morgan fingerprint density at radius 3 is 2.21 bits per heavy atom. The summed E-state index contributed by atoms with van der Waals surface area (Å²) in [4.78, 5) is 59.4. The van der Waals surface area contributed by atoms with Crippen LogP contribution in [0.25, 0.3) is 22.3 Å². The Morgan fingerprint density at radius 2 is 1.54 bits per heavy atom. The van der Waals surface area contributed by atoms with Gasteiger partial charge in [-0.15, -0.1) is 0 Å². The summed E-state index contributed by atoms with van der Waals surface area (Å²) in [5.41, 5.74) is 3.63. The fourth-order valence-corrected chi connectivity index (χ4v) is 8.76. The molecule has 5 atom stereocenters. The number of hydrogen-bond acceptors (Lipinski definition) is 6. The second-order valence-electron chi connectivity index (χ2n) is 17.2. The highest BCUT2D eigenvalue weighted by atomic mass is 19.1. The van der Waals surface area contributed by atoms with Crippen molar-refractivity contribution in [2.45, 2.75) is 104 Å². The van der Waals surface area contributed by atoms with Crippen molar-refractivity contribution in [1.82, 2.24) is 35.1 Å². The van der Waals surface area contributed by atoms with Crippen molar-refractivity contribution in [3.05, 3.63) is 71.4 Å². The molecule has 2 saturated heterocycles. The van der Waals surface area contributed by atoms with E-state index < -0.39 is 23.8 Å². The molecule has 1 saturated carbocycles. The Balaban J connectivity index is 1.05. The number of carbonyl (C=O) groups is 3. The van der Waals surface area contributed by atoms with Gasteiger partial charge in [0.2, 0.25) is 11.8 Å². The van der Waals surface area contributed by atoms with Crippen molar-refractivity contribution < 1.29 is 23.5 Å². The van der Waals surface area contributed by atoms with Gasteiger partial charge in [-0.3, -0.25) is 9.59 Å². The number of nitrogens with zero attached hydrogens (tertiary/aromatic N) is 4. The number of likely N-dealkylation sites (tertiary alicyclic amines) is 2. The number of rotatable bonds is 8. The third-order valence-corrected chi connectivity index (χ3v) is 12.3. The highest BCUT2D eigenvalue weighted by molar-refractivity contribution is 5.86. The quantitative estimate of drug-likeness (QED) is 0.156. The van der Waals surface area contributed by atoms with Crippen LogP contribution in [0.2, 0.25) is 0 Å². The predicted octanol–water partition coefficient (Wildman–Crippen LogP) is 7.86. The van der Waals surface area contributed by atoms with Crippen LogP contribution in [0.4, 0.5) is 9.18 Å². The normalized spacial score (nSPS) is 22.8. The smallest absolute Gasteiger partial charge is 0.407 e. The van der Waals surface area contributed by atoms with Gasteiger partial charge in [-0.05, 0) is 79.3 Å². The van der Waals surface area contributed by atoms with Gasteiger partial charge >= 0.3 is 6.09 Å². The number of alkyl carbamates (subject to hydrolysis) is 1. The van der Waals surface area contributed by atoms with E-state index in [0.717, 1.165) is 52.2 Å². The summed E-state index contributed by atoms with van der Waals surface area (Å²) in [5, 5.41) is 2.60. The first-order chi connectivity index (χ1) is 26.7. The summed E-state index contributed by atoms with van der Waals surface area (Å²) in [5.74, 6) is 7.74. The molecule has 0 bridgehead atoms. The molecule has 2 aromatic carbocycles. The van der Waals surface area contributed by atoms with E-state index in [1.165, 1.54) is 44.6 Å². The first-order valence-corrected chi connectivity index (χ1v) is 20.0. The predicted molar refractivity (Wildman–Crippen MR) is 213 cm³/mol. The van der Waals surface area contributed by atoms with Crippen LogP contribution in [-0.2, 0) is 14.3 Å². The lowest BCUT2D eigenvalue weighted by molar-refractivity contribution is -0.138. The first kappa shape index (κ1) is 39.1. The Bertz CT molecular complexity index is 2150. The number of alkyl halides is 1. The van der Waals surface area contributed by atoms with Crippen LogP contribution in [0, 0.1) is 35.0 Å². The topological polar surface area (TPSA) is 136 Å². The molecule has 4 aromatic rings. The summed E-state index contributed by atoms with van der Waals surface area (Å²) >= 11 is 0. The van der Waals surface area contributed by atoms with Gasteiger partial charge in [0, 0.05) is 30.0 Å². The summed E-state index contributed by atoms with van der Waals surface area (Å²) in [6.45, 7) is 12.1. The van der Waals surface area contributed by atoms with Gasteiger partial charge in [-0.2, -0.15) is 0 Å². The highest BCUT2D eigenvalue weighted by Crippen LogP contribution is 2.52. The number of hydrogen-bond donors (Lipinski definition) is 3. The molecule has 1 aliphatic carbocycles. The van der Waals surface area contributed by atoms with Crippen molar-refractivity contribution in [2.24, 2.45) is 23.2 Å². The number of methoxy groups -OCH3 is 1. The highest BCUT2D eigenvalue weighted by Gasteiger charge is 2.50. The van der Waals surface area contributed by atoms with E-state index in [9.17, 15) is 14.4 Å². The van der Waals surface area contributed by atoms with Crippen molar-refractivity contribution >= 4 is 28.9 Å². The zero-order chi connectivity index (χ0) is 39.9. The summed E-state index contributed by atoms with van der Waals surface area (Å²) in [7, 11) is 1.24. The van der Waals surface area contributed by atoms with E-state index in [1.807, 2.05) is 63.2 Å². The van der Waals surface area contributed by atoms with Crippen molar-refractivity contribution in [3.8, 4) is 23.1 Å². The van der Waals surface area contributed by atoms with Gasteiger partial charge in [-0.1, -0.05) is 71.4 Å². The van der Waals surface area contributed by atoms with Crippen LogP contribution < -0.4 is 5.32 Å². The van der Waals surface area contributed by atoms with E-state index in [2.05, 4.69) is 50.9 Å². The number of benzene rings is 2. The van der Waals surface area contributed by atoms with Crippen LogP contribution in [0.5, 0.6) is 0 Å². The average molecular weight is 764 g/mol. The molecule has 3 N–H and O–H groups in total. The minimum Gasteiger partial charge on any atom is -0.453 e. The molecule has 56 heavy (non-hydrogen) atoms. The maximum absolute atomic E-state index is 15.4. The minimum atomic E-state index is -1.62. The lowest BCUT2D eigenvalue weighted by Crippen LogP contribution is -2.51. The molecule has 2 aliphatic heterocycles. The minimum absolute atomic E-state index is 0.0393. The molecule has 0 radical (unpaired) electrons. The lowest BCUT2D eigenvalue weighted by Gasteiger charge is -2.29. The van der Waals surface area contributed by atoms with E-state index in [1.54, 1.807) is 6.20 Å². The van der Waals surface area contributed by atoms with Crippen LogP contribution in [0.15, 0.2) is 48.7 Å². The maximum atomic E-state index is 15.4. The summed E-state index contributed by atoms with van der Waals surface area (Å²) in [6, 6.07) is 12.2. The van der Waals surface area contributed by atoms with Gasteiger partial charge in [0.25, 0.3) is 0 Å². The van der Waals surface area contributed by atoms with E-state index in [0.29, 0.717) is 5.82 Å². The van der Waals surface area contributed by atoms with Crippen molar-refractivity contribution in [2.75, 3.05) is 20.2 Å². The van der Waals surface area contributed by atoms with Crippen molar-refractivity contribution in [3.63, 3.8) is 0 Å². The molecule has 296 valence electrons. The third kappa shape index (κ3) is 7.91. The molecule has 4 heterocycles. The van der Waals surface area contributed by atoms with Crippen LogP contribution in [0.3, 0.4) is 0 Å². The molecule has 2 aromatic heterocycles. The number of nitrogens with one attached hydrogen (secondary N) is 3. The number of ether oxygens (including phenoxy) is 1. The number of imidazole rings is 2. The molecule has 11 nitrogen and oxygen atoms in total. The molecule has 7 rings (SSSR count). The molecule has 12 heteroatoms. The Hall–Kier alpha value is -5.18. The number of halogens is 1. The van der Waals surface area contributed by atoms with Crippen LogP contribution in [0.1, 0.15) is 115 Å². The largest absolute Gasteiger partial charge is 0.453 e. The number of H-pyrrole nitrogens is 2. The number of amides is 3. The zero-order valence-electron chi connectivity index (χ0n) is 33.5. The molecule has 0 unspecified atom stereocenters. The number of aromatic nitrogens is 4. The van der Waals surface area contributed by atoms with E-state index in [4.69, 9.17) is 9.72 Å². The second-order valence-corrected chi connectivity index (χ2v) is 17.2. The molecule has 1 spiro atoms. The monoisotopic (exact) mass is 763 g/mol. The number of carbonyl (C=O) groups excluding carboxylic acids is 3. The summed E-state index contributed by atoms with van der Waals surface area (Å²) < 4.78 is 20.1. The molecule has 3 fully saturated rings. The fraction of sp³-hybridized carbons (Fsp3) is 0.523. The third-order valence-electron chi connectivity index (χ3n) is 12.3. The first-order valence-electron chi connectivity index (χ1n) is 20.0. The fourth-order valence-electron chi connectivity index (χ4n) is 8.76. The van der Waals surface area contributed by atoms with E-state index >= 15 is 4.39 Å². The zero-order valence-corrected chi connectivity index (χ0v) is 33.5. The molecule has 3 aliphatic rings. The average Bonchev–Trinajstić information content (AvgIpc) is 4.02. The second kappa shape index (κ2) is 15.4. The van der Waals surface area contributed by atoms with E-state index in [-0.39, 0.29) is 54.0 Å². The standard InChI is InChI=1S/C44H54FN7O4/c1-26(2)28(5)40(53)52-25-44(18-8-9-19-44)22-36(52)39-47-32-17-14-30(20-33(32)48-39)11-10-29-12-15-31(16-13-29)34-23-46-38(49-34)35-21-43(6,45)24-51(35)41(54)37(27(3)4)50-42(55)56-7/h12-17,20,23,26-28,35-37H,8-9,18-19,21-22,24-25H2,1-7H3,(H,46,49)(H,47,48)(H,50,55)/t28-,35-,36-,37-,43+/m0/s1. The van der Waals surface area contributed by atoms with Gasteiger partial charge in [0.1, 0.15) is 23.4 Å². The molecular formula is C44H54FN7O4. The van der Waals surface area contributed by atoms with Crippen LogP contribution in [-0.4, -0.2) is 79.6 Å². The van der Waals surface area contributed by atoms with Gasteiger partial charge in [-0.25, -0.2) is 19.2 Å². The molecular weight excluding hydrogens is 710 g/mol. The van der Waals surface area contributed by atoms with Crippen LogP contribution >= 0.6 is 0 Å². The maximum Gasteiger partial charge on any atom is 0.407 e. The SMILES string of the molecule is COC(=O)N[C@H](C(=O)N1C[C@](C)(F)C[C@H]1c1ncc(-c2ccc(C#Cc3ccc4nc([C@@H]5CC6(CCCC6)CN5C(=O)[C@@H](C)C(C)C)[nH]c4c3)cc2)[nH]1)C(C)C. The van der Waals surface area contributed by atoms with Gasteiger partial charge in [0.05, 0.1) is 48.7 Å². The number of aromatic amines is 2. The Morgan fingerprint density at radius 1 is 0.875 bits per heavy atom. The van der Waals surface area contributed by atoms with Gasteiger partial charge in [0.15, 0.2) is 0 Å². The Kier molecular flexibility index (Phi) is 10.7.